The highest BCUT2D eigenvalue weighted by Crippen LogP contribution is 2.17. The van der Waals surface area contributed by atoms with Gasteiger partial charge in [0, 0.05) is 19.0 Å². The van der Waals surface area contributed by atoms with Crippen molar-refractivity contribution in [3.63, 3.8) is 0 Å². The maximum atomic E-state index is 13.8. The summed E-state index contributed by atoms with van der Waals surface area (Å²) < 4.78 is 5.24. The molecule has 292 valence electrons. The average Bonchev–Trinajstić information content (AvgIpc) is 3.08. The van der Waals surface area contributed by atoms with Crippen LogP contribution in [0.5, 0.6) is 0 Å². The third-order valence-corrected chi connectivity index (χ3v) is 8.99. The van der Waals surface area contributed by atoms with Gasteiger partial charge in [-0.05, 0) is 55.4 Å². The minimum Gasteiger partial charge on any atom is -0.450 e. The van der Waals surface area contributed by atoms with Crippen molar-refractivity contribution in [1.29, 1.82) is 0 Å². The minimum absolute atomic E-state index is 0.0261. The summed E-state index contributed by atoms with van der Waals surface area (Å²) in [5.74, 6) is -3.79. The van der Waals surface area contributed by atoms with Gasteiger partial charge in [0.15, 0.2) is 0 Å². The van der Waals surface area contributed by atoms with Gasteiger partial charge in [-0.1, -0.05) is 85.2 Å². The SMILES string of the molecule is CC(C)C[C@H](NC(=O)[C@H]1CC(=O)NCCCCCCOC(=O)N[C@@H](C(C)C)C(=O)N1)[C@H](O)C[C@H](C)C(=O)N[C@H](C(=O)NCc1ccccc1)C(C)C. The van der Waals surface area contributed by atoms with E-state index in [1.165, 1.54) is 0 Å². The van der Waals surface area contributed by atoms with Crippen LogP contribution in [-0.4, -0.2) is 84.2 Å². The topological polar surface area (TPSA) is 204 Å². The monoisotopic (exact) mass is 730 g/mol. The van der Waals surface area contributed by atoms with Gasteiger partial charge in [0.2, 0.25) is 29.5 Å². The van der Waals surface area contributed by atoms with Crippen molar-refractivity contribution in [3.05, 3.63) is 35.9 Å². The van der Waals surface area contributed by atoms with Gasteiger partial charge in [0.05, 0.1) is 25.2 Å². The van der Waals surface area contributed by atoms with E-state index in [1.807, 2.05) is 58.0 Å². The van der Waals surface area contributed by atoms with Crippen molar-refractivity contribution in [2.75, 3.05) is 13.2 Å². The molecule has 1 aliphatic heterocycles. The van der Waals surface area contributed by atoms with Gasteiger partial charge in [0.1, 0.15) is 18.1 Å². The van der Waals surface area contributed by atoms with Crippen molar-refractivity contribution in [2.45, 2.75) is 130 Å². The van der Waals surface area contributed by atoms with E-state index in [9.17, 15) is 33.9 Å². The Kier molecular flexibility index (Phi) is 19.2. The van der Waals surface area contributed by atoms with Gasteiger partial charge >= 0.3 is 6.09 Å². The molecule has 2 rings (SSSR count). The Morgan fingerprint density at radius 2 is 1.54 bits per heavy atom. The van der Waals surface area contributed by atoms with Gasteiger partial charge in [-0.25, -0.2) is 4.79 Å². The Morgan fingerprint density at radius 1 is 0.865 bits per heavy atom. The van der Waals surface area contributed by atoms with E-state index in [4.69, 9.17) is 4.74 Å². The summed E-state index contributed by atoms with van der Waals surface area (Å²) in [6.07, 6.45) is 0.985. The highest BCUT2D eigenvalue weighted by Gasteiger charge is 2.34. The average molecular weight is 731 g/mol. The highest BCUT2D eigenvalue weighted by molar-refractivity contribution is 5.94. The molecular formula is C38H62N6O8. The lowest BCUT2D eigenvalue weighted by atomic mass is 9.91. The van der Waals surface area contributed by atoms with Crippen LogP contribution in [0, 0.1) is 23.7 Å². The van der Waals surface area contributed by atoms with Crippen LogP contribution in [0.4, 0.5) is 4.79 Å². The largest absolute Gasteiger partial charge is 0.450 e. The van der Waals surface area contributed by atoms with E-state index in [2.05, 4.69) is 31.9 Å². The number of cyclic esters (lactones) is 1. The molecule has 0 unspecified atom stereocenters. The molecule has 7 N–H and O–H groups in total. The molecule has 1 aliphatic rings. The third-order valence-electron chi connectivity index (χ3n) is 8.99. The van der Waals surface area contributed by atoms with Crippen LogP contribution < -0.4 is 31.9 Å². The number of aliphatic hydroxyl groups is 1. The molecule has 0 spiro atoms. The molecule has 14 heteroatoms. The lowest BCUT2D eigenvalue weighted by Crippen LogP contribution is -2.58. The molecule has 0 aromatic heterocycles. The number of benzene rings is 1. The molecule has 1 saturated heterocycles. The van der Waals surface area contributed by atoms with E-state index < -0.39 is 65.9 Å². The second-order valence-corrected chi connectivity index (χ2v) is 14.9. The lowest BCUT2D eigenvalue weighted by molar-refractivity contribution is -0.134. The maximum Gasteiger partial charge on any atom is 0.407 e. The van der Waals surface area contributed by atoms with E-state index in [1.54, 1.807) is 20.8 Å². The van der Waals surface area contributed by atoms with E-state index in [-0.39, 0.29) is 43.1 Å². The predicted octanol–water partition coefficient (Wildman–Crippen LogP) is 2.68. The van der Waals surface area contributed by atoms with E-state index in [0.29, 0.717) is 32.4 Å². The van der Waals surface area contributed by atoms with E-state index in [0.717, 1.165) is 18.4 Å². The standard InChI is InChI=1S/C38H62N6O8/c1-23(2)19-28(30(45)20-26(7)34(47)43-32(24(3)4)36(49)40-22-27-15-11-10-12-16-27)41-35(48)29-21-31(46)39-17-13-8-9-14-18-52-38(51)44-33(25(5)6)37(50)42-29/h10-12,15-16,23-26,28-30,32-33,45H,8-9,13-14,17-22H2,1-7H3,(H,39,46)(H,40,49)(H,41,48)(H,42,50)(H,43,47)(H,44,51)/t26-,28-,29+,30+,32-,33-/m0/s1. The highest BCUT2D eigenvalue weighted by atomic mass is 16.5. The first-order valence-electron chi connectivity index (χ1n) is 18.7. The molecule has 6 amide bonds. The predicted molar refractivity (Wildman–Crippen MR) is 197 cm³/mol. The van der Waals surface area contributed by atoms with Crippen molar-refractivity contribution < 1.29 is 38.6 Å². The zero-order valence-electron chi connectivity index (χ0n) is 32.0. The summed E-state index contributed by atoms with van der Waals surface area (Å²) in [7, 11) is 0. The number of carbonyl (C=O) groups excluding carboxylic acids is 6. The molecule has 0 aliphatic carbocycles. The maximum absolute atomic E-state index is 13.8. The fraction of sp³-hybridized carbons (Fsp3) is 0.684. The molecular weight excluding hydrogens is 668 g/mol. The molecule has 52 heavy (non-hydrogen) atoms. The normalized spacial score (nSPS) is 20.4. The fourth-order valence-corrected chi connectivity index (χ4v) is 5.87. The minimum atomic E-state index is -1.32. The number of nitrogens with one attached hydrogen (secondary N) is 6. The molecule has 1 heterocycles. The molecule has 0 bridgehead atoms. The number of hydrogen-bond acceptors (Lipinski definition) is 8. The number of ether oxygens (including phenoxy) is 1. The molecule has 1 aromatic rings. The zero-order valence-corrected chi connectivity index (χ0v) is 32.0. The van der Waals surface area contributed by atoms with Crippen molar-refractivity contribution in [1.82, 2.24) is 31.9 Å². The summed E-state index contributed by atoms with van der Waals surface area (Å²) >= 11 is 0. The molecule has 0 saturated carbocycles. The number of carbonyl (C=O) groups is 6. The molecule has 1 aromatic carbocycles. The van der Waals surface area contributed by atoms with Gasteiger partial charge < -0.3 is 41.7 Å². The van der Waals surface area contributed by atoms with Crippen LogP contribution in [0.3, 0.4) is 0 Å². The Morgan fingerprint density at radius 3 is 2.17 bits per heavy atom. The molecule has 6 atom stereocenters. The second kappa shape index (κ2) is 22.7. The molecule has 0 radical (unpaired) electrons. The molecule has 14 nitrogen and oxygen atoms in total. The summed E-state index contributed by atoms with van der Waals surface area (Å²) in [5.41, 5.74) is 0.925. The van der Waals surface area contributed by atoms with E-state index >= 15 is 0 Å². The quantitative estimate of drug-likeness (QED) is 0.151. The Labute approximate surface area is 308 Å². The Bertz CT molecular complexity index is 1310. The van der Waals surface area contributed by atoms with Gasteiger partial charge in [0.25, 0.3) is 0 Å². The van der Waals surface area contributed by atoms with Gasteiger partial charge in [-0.3, -0.25) is 24.0 Å². The van der Waals surface area contributed by atoms with Crippen molar-refractivity contribution >= 4 is 35.6 Å². The second-order valence-electron chi connectivity index (χ2n) is 14.9. The van der Waals surface area contributed by atoms with Gasteiger partial charge in [-0.15, -0.1) is 0 Å². The Balaban J connectivity index is 2.17. The van der Waals surface area contributed by atoms with Crippen molar-refractivity contribution in [2.24, 2.45) is 23.7 Å². The first-order chi connectivity index (χ1) is 24.6. The van der Waals surface area contributed by atoms with Crippen LogP contribution in [0.25, 0.3) is 0 Å². The van der Waals surface area contributed by atoms with Crippen LogP contribution in [0.1, 0.15) is 99.0 Å². The first-order valence-corrected chi connectivity index (χ1v) is 18.7. The fourth-order valence-electron chi connectivity index (χ4n) is 5.87. The van der Waals surface area contributed by atoms with Crippen LogP contribution in [-0.2, 0) is 35.3 Å². The summed E-state index contributed by atoms with van der Waals surface area (Å²) in [6.45, 7) is 13.5. The number of amides is 6. The van der Waals surface area contributed by atoms with Crippen LogP contribution in [0.2, 0.25) is 0 Å². The Hall–Kier alpha value is -4.20. The number of rotatable bonds is 14. The lowest BCUT2D eigenvalue weighted by Gasteiger charge is -2.30. The van der Waals surface area contributed by atoms with Crippen molar-refractivity contribution in [3.8, 4) is 0 Å². The summed E-state index contributed by atoms with van der Waals surface area (Å²) in [5, 5.41) is 27.9. The third kappa shape index (κ3) is 16.0. The van der Waals surface area contributed by atoms with Gasteiger partial charge in [-0.2, -0.15) is 0 Å². The smallest absolute Gasteiger partial charge is 0.407 e. The first kappa shape index (κ1) is 44.0. The zero-order chi connectivity index (χ0) is 38.8. The summed E-state index contributed by atoms with van der Waals surface area (Å²) in [6, 6.07) is 5.45. The number of hydrogen-bond donors (Lipinski definition) is 7. The summed E-state index contributed by atoms with van der Waals surface area (Å²) in [4.78, 5) is 78.9. The van der Waals surface area contributed by atoms with Crippen LogP contribution >= 0.6 is 0 Å². The molecule has 1 fully saturated rings. The number of alkyl carbamates (subject to hydrolysis) is 1. The van der Waals surface area contributed by atoms with Crippen LogP contribution in [0.15, 0.2) is 30.3 Å². The number of aliphatic hydroxyl groups excluding tert-OH is 1.